The van der Waals surface area contributed by atoms with Gasteiger partial charge in [0.05, 0.1) is 0 Å². The third-order valence-electron chi connectivity index (χ3n) is 3.78. The summed E-state index contributed by atoms with van der Waals surface area (Å²) < 4.78 is 0. The summed E-state index contributed by atoms with van der Waals surface area (Å²) in [7, 11) is 0. The lowest BCUT2D eigenvalue weighted by molar-refractivity contribution is -0.141. The van der Waals surface area contributed by atoms with Crippen LogP contribution in [-0.2, 0) is 4.79 Å². The lowest BCUT2D eigenvalue weighted by Crippen LogP contribution is -2.40. The van der Waals surface area contributed by atoms with Gasteiger partial charge in [-0.3, -0.25) is 14.9 Å². The van der Waals surface area contributed by atoms with E-state index in [4.69, 9.17) is 5.11 Å². The van der Waals surface area contributed by atoms with Crippen molar-refractivity contribution in [3.63, 3.8) is 0 Å². The molecule has 1 aliphatic rings. The molecule has 2 N–H and O–H groups in total. The number of likely N-dealkylation sites (tertiary alicyclic amines) is 1. The first-order valence-electron chi connectivity index (χ1n) is 7.42. The van der Waals surface area contributed by atoms with Crippen LogP contribution in [0.5, 0.6) is 0 Å². The molecule has 24 heavy (non-hydrogen) atoms. The van der Waals surface area contributed by atoms with Gasteiger partial charge in [0.2, 0.25) is 0 Å². The molecule has 1 aliphatic heterocycles. The van der Waals surface area contributed by atoms with Gasteiger partial charge in [0.1, 0.15) is 11.7 Å². The summed E-state index contributed by atoms with van der Waals surface area (Å²) in [5.74, 6) is -1.74. The van der Waals surface area contributed by atoms with Crippen molar-refractivity contribution < 1.29 is 19.5 Å². The lowest BCUT2D eigenvalue weighted by atomic mass is 10.2. The zero-order chi connectivity index (χ0) is 17.1. The highest BCUT2D eigenvalue weighted by molar-refractivity contribution is 7.14. The van der Waals surface area contributed by atoms with Gasteiger partial charge >= 0.3 is 5.97 Å². The largest absolute Gasteiger partial charge is 0.480 e. The number of rotatable bonds is 4. The average molecular weight is 345 g/mol. The standard InChI is InChI=1S/C16H15N3O4S/c20-13(10-5-2-1-3-6-10)18-16-17-11(9-24-16)14(21)19-8-4-7-12(19)15(22)23/h1-3,5-6,9,12H,4,7-8H2,(H,22,23)(H,17,18,20). The predicted octanol–water partition coefficient (Wildman–Crippen LogP) is 2.08. The van der Waals surface area contributed by atoms with E-state index in [-0.39, 0.29) is 11.6 Å². The van der Waals surface area contributed by atoms with Crippen LogP contribution in [0.15, 0.2) is 35.7 Å². The maximum absolute atomic E-state index is 12.4. The summed E-state index contributed by atoms with van der Waals surface area (Å²) in [6.07, 6.45) is 1.10. The molecular weight excluding hydrogens is 330 g/mol. The molecule has 1 atom stereocenters. The number of hydrogen-bond donors (Lipinski definition) is 2. The molecule has 0 saturated carbocycles. The number of nitrogens with one attached hydrogen (secondary N) is 1. The van der Waals surface area contributed by atoms with Crippen LogP contribution in [0, 0.1) is 0 Å². The Hall–Kier alpha value is -2.74. The zero-order valence-corrected chi connectivity index (χ0v) is 13.5. The number of aromatic nitrogens is 1. The van der Waals surface area contributed by atoms with Crippen molar-refractivity contribution in [2.75, 3.05) is 11.9 Å². The van der Waals surface area contributed by atoms with E-state index in [0.29, 0.717) is 30.1 Å². The fourth-order valence-corrected chi connectivity index (χ4v) is 3.28. The Kier molecular flexibility index (Phi) is 4.57. The number of nitrogens with zero attached hydrogens (tertiary/aromatic N) is 2. The summed E-state index contributed by atoms with van der Waals surface area (Å²) >= 11 is 1.13. The minimum absolute atomic E-state index is 0.150. The van der Waals surface area contributed by atoms with E-state index >= 15 is 0 Å². The number of amides is 2. The number of carboxylic acids is 1. The first-order chi connectivity index (χ1) is 11.6. The molecule has 2 heterocycles. The highest BCUT2D eigenvalue weighted by atomic mass is 32.1. The molecule has 1 aromatic carbocycles. The topological polar surface area (TPSA) is 99.6 Å². The number of carboxylic acid groups (broad SMARTS) is 1. The van der Waals surface area contributed by atoms with Gasteiger partial charge in [0.15, 0.2) is 5.13 Å². The highest BCUT2D eigenvalue weighted by Gasteiger charge is 2.35. The van der Waals surface area contributed by atoms with Crippen molar-refractivity contribution in [3.05, 3.63) is 47.0 Å². The van der Waals surface area contributed by atoms with Crippen LogP contribution in [0.25, 0.3) is 0 Å². The minimum atomic E-state index is -1.01. The van der Waals surface area contributed by atoms with Gasteiger partial charge < -0.3 is 10.0 Å². The molecule has 0 spiro atoms. The van der Waals surface area contributed by atoms with E-state index in [0.717, 1.165) is 11.3 Å². The van der Waals surface area contributed by atoms with Crippen LogP contribution in [0.2, 0.25) is 0 Å². The normalized spacial score (nSPS) is 16.8. The van der Waals surface area contributed by atoms with Gasteiger partial charge in [-0.1, -0.05) is 18.2 Å². The van der Waals surface area contributed by atoms with E-state index < -0.39 is 17.9 Å². The molecule has 1 fully saturated rings. The second kappa shape index (κ2) is 6.79. The fraction of sp³-hybridized carbons (Fsp3) is 0.250. The number of benzene rings is 1. The van der Waals surface area contributed by atoms with Gasteiger partial charge in [0.25, 0.3) is 11.8 Å². The van der Waals surface area contributed by atoms with Gasteiger partial charge in [-0.15, -0.1) is 11.3 Å². The van der Waals surface area contributed by atoms with Crippen molar-refractivity contribution in [3.8, 4) is 0 Å². The number of anilines is 1. The summed E-state index contributed by atoms with van der Waals surface area (Å²) in [6, 6.07) is 7.87. The van der Waals surface area contributed by atoms with Crippen molar-refractivity contribution in [1.82, 2.24) is 9.88 Å². The summed E-state index contributed by atoms with van der Waals surface area (Å²) in [5.41, 5.74) is 0.641. The van der Waals surface area contributed by atoms with E-state index in [9.17, 15) is 14.4 Å². The number of carbonyl (C=O) groups is 3. The van der Waals surface area contributed by atoms with Crippen LogP contribution in [-0.4, -0.2) is 45.4 Å². The number of thiazole rings is 1. The number of aliphatic carboxylic acids is 1. The van der Waals surface area contributed by atoms with E-state index in [1.807, 2.05) is 6.07 Å². The molecule has 0 aliphatic carbocycles. The molecule has 0 bridgehead atoms. The SMILES string of the molecule is O=C(Nc1nc(C(=O)N2CCCC2C(=O)O)cs1)c1ccccc1. The van der Waals surface area contributed by atoms with Gasteiger partial charge in [-0.25, -0.2) is 9.78 Å². The Morgan fingerprint density at radius 2 is 2.00 bits per heavy atom. The monoisotopic (exact) mass is 345 g/mol. The Bertz CT molecular complexity index is 775. The molecule has 1 saturated heterocycles. The van der Waals surface area contributed by atoms with Crippen molar-refractivity contribution >= 4 is 34.3 Å². The first kappa shape index (κ1) is 16.1. The Morgan fingerprint density at radius 3 is 2.71 bits per heavy atom. The molecule has 0 radical (unpaired) electrons. The maximum Gasteiger partial charge on any atom is 0.326 e. The van der Waals surface area contributed by atoms with Gasteiger partial charge in [-0.2, -0.15) is 0 Å². The summed E-state index contributed by atoms with van der Waals surface area (Å²) in [5, 5.41) is 13.6. The molecular formula is C16H15N3O4S. The third-order valence-corrected chi connectivity index (χ3v) is 4.54. The van der Waals surface area contributed by atoms with E-state index in [1.54, 1.807) is 24.3 Å². The van der Waals surface area contributed by atoms with Crippen molar-refractivity contribution in [2.45, 2.75) is 18.9 Å². The molecule has 2 aromatic rings. The summed E-state index contributed by atoms with van der Waals surface area (Å²) in [4.78, 5) is 41.1. The quantitative estimate of drug-likeness (QED) is 0.884. The minimum Gasteiger partial charge on any atom is -0.480 e. The van der Waals surface area contributed by atoms with Crippen molar-refractivity contribution in [1.29, 1.82) is 0 Å². The van der Waals surface area contributed by atoms with E-state index in [1.165, 1.54) is 10.3 Å². The van der Waals surface area contributed by atoms with E-state index in [2.05, 4.69) is 10.3 Å². The lowest BCUT2D eigenvalue weighted by Gasteiger charge is -2.20. The molecule has 7 nitrogen and oxygen atoms in total. The molecule has 124 valence electrons. The maximum atomic E-state index is 12.4. The molecule has 2 amide bonds. The smallest absolute Gasteiger partial charge is 0.326 e. The average Bonchev–Trinajstić information content (AvgIpc) is 3.24. The van der Waals surface area contributed by atoms with Gasteiger partial charge in [0, 0.05) is 17.5 Å². The first-order valence-corrected chi connectivity index (χ1v) is 8.30. The van der Waals surface area contributed by atoms with Crippen LogP contribution < -0.4 is 5.32 Å². The van der Waals surface area contributed by atoms with Crippen LogP contribution in [0.4, 0.5) is 5.13 Å². The molecule has 1 unspecified atom stereocenters. The number of hydrogen-bond acceptors (Lipinski definition) is 5. The Labute approximate surface area is 141 Å². The highest BCUT2D eigenvalue weighted by Crippen LogP contribution is 2.23. The summed E-state index contributed by atoms with van der Waals surface area (Å²) in [6.45, 7) is 0.402. The zero-order valence-electron chi connectivity index (χ0n) is 12.6. The fourth-order valence-electron chi connectivity index (χ4n) is 2.60. The second-order valence-corrected chi connectivity index (χ2v) is 6.21. The van der Waals surface area contributed by atoms with Crippen LogP contribution in [0.1, 0.15) is 33.7 Å². The molecule has 1 aromatic heterocycles. The second-order valence-electron chi connectivity index (χ2n) is 5.35. The molecule has 3 rings (SSSR count). The van der Waals surface area contributed by atoms with Crippen LogP contribution in [0.3, 0.4) is 0 Å². The van der Waals surface area contributed by atoms with Gasteiger partial charge in [-0.05, 0) is 25.0 Å². The van der Waals surface area contributed by atoms with Crippen molar-refractivity contribution in [2.24, 2.45) is 0 Å². The number of carbonyl (C=O) groups excluding carboxylic acids is 2. The Balaban J connectivity index is 1.70. The third kappa shape index (κ3) is 3.28. The Morgan fingerprint density at radius 1 is 1.25 bits per heavy atom. The van der Waals surface area contributed by atoms with Crippen LogP contribution >= 0.6 is 11.3 Å². The predicted molar refractivity (Wildman–Crippen MR) is 88.2 cm³/mol. The molecule has 8 heteroatoms.